The lowest BCUT2D eigenvalue weighted by atomic mass is 10.0. The van der Waals surface area contributed by atoms with Gasteiger partial charge in [0.1, 0.15) is 0 Å². The van der Waals surface area contributed by atoms with E-state index in [1.807, 2.05) is 31.2 Å². The molecule has 0 bridgehead atoms. The summed E-state index contributed by atoms with van der Waals surface area (Å²) in [5.41, 5.74) is 8.61. The van der Waals surface area contributed by atoms with Gasteiger partial charge in [0.25, 0.3) is 11.8 Å². The second-order valence-electron chi connectivity index (χ2n) is 5.37. The van der Waals surface area contributed by atoms with Crippen molar-refractivity contribution in [1.29, 1.82) is 0 Å². The van der Waals surface area contributed by atoms with Crippen LogP contribution in [0.2, 0.25) is 0 Å². The monoisotopic (exact) mass is 296 g/mol. The summed E-state index contributed by atoms with van der Waals surface area (Å²) in [7, 11) is 0. The minimum absolute atomic E-state index is 0.0108. The zero-order valence-electron chi connectivity index (χ0n) is 12.2. The second kappa shape index (κ2) is 5.55. The van der Waals surface area contributed by atoms with Crippen molar-refractivity contribution in [3.05, 3.63) is 58.7 Å². The van der Waals surface area contributed by atoms with Crippen LogP contribution < -0.4 is 5.73 Å². The summed E-state index contributed by atoms with van der Waals surface area (Å²) >= 11 is 0. The maximum atomic E-state index is 12.5. The standard InChI is InChI=1S/C16H16N4O2/c1-10-2-4-11(5-3-10)16(22)20-7-6-12-8-18-15(14(17)21)19-13(12)9-20/h2-5,8H,6-7,9H2,1H3,(H2,17,21). The van der Waals surface area contributed by atoms with Crippen molar-refractivity contribution in [2.75, 3.05) is 6.54 Å². The highest BCUT2D eigenvalue weighted by atomic mass is 16.2. The van der Waals surface area contributed by atoms with Gasteiger partial charge in [-0.1, -0.05) is 17.7 Å². The number of fused-ring (bicyclic) bond motifs is 1. The maximum Gasteiger partial charge on any atom is 0.286 e. The molecule has 0 saturated carbocycles. The van der Waals surface area contributed by atoms with E-state index in [9.17, 15) is 9.59 Å². The summed E-state index contributed by atoms with van der Waals surface area (Å²) < 4.78 is 0. The number of aromatic nitrogens is 2. The van der Waals surface area contributed by atoms with Crippen molar-refractivity contribution >= 4 is 11.8 Å². The molecule has 0 saturated heterocycles. The van der Waals surface area contributed by atoms with Crippen molar-refractivity contribution in [3.8, 4) is 0 Å². The third-order valence-electron chi connectivity index (χ3n) is 3.75. The number of amides is 2. The lowest BCUT2D eigenvalue weighted by molar-refractivity contribution is 0.0731. The molecule has 0 fully saturated rings. The van der Waals surface area contributed by atoms with Gasteiger partial charge in [0.05, 0.1) is 12.2 Å². The molecule has 0 aliphatic carbocycles. The highest BCUT2D eigenvalue weighted by Crippen LogP contribution is 2.18. The van der Waals surface area contributed by atoms with E-state index < -0.39 is 5.91 Å². The van der Waals surface area contributed by atoms with E-state index in [1.165, 1.54) is 0 Å². The summed E-state index contributed by atoms with van der Waals surface area (Å²) in [5, 5.41) is 0. The van der Waals surface area contributed by atoms with E-state index in [0.29, 0.717) is 30.8 Å². The van der Waals surface area contributed by atoms with Crippen LogP contribution in [0.3, 0.4) is 0 Å². The van der Waals surface area contributed by atoms with Gasteiger partial charge in [-0.05, 0) is 31.0 Å². The molecule has 112 valence electrons. The number of benzene rings is 1. The third-order valence-corrected chi connectivity index (χ3v) is 3.75. The molecule has 1 aromatic heterocycles. The van der Waals surface area contributed by atoms with Gasteiger partial charge < -0.3 is 10.6 Å². The molecule has 1 aliphatic heterocycles. The van der Waals surface area contributed by atoms with Crippen LogP contribution in [0.5, 0.6) is 0 Å². The van der Waals surface area contributed by atoms with E-state index in [1.54, 1.807) is 11.1 Å². The minimum Gasteiger partial charge on any atom is -0.363 e. The molecular weight excluding hydrogens is 280 g/mol. The Balaban J connectivity index is 1.84. The molecule has 0 spiro atoms. The van der Waals surface area contributed by atoms with Crippen molar-refractivity contribution < 1.29 is 9.59 Å². The fraction of sp³-hybridized carbons (Fsp3) is 0.250. The summed E-state index contributed by atoms with van der Waals surface area (Å²) in [6.45, 7) is 2.96. The number of carbonyl (C=O) groups excluding carboxylic acids is 2. The Labute approximate surface area is 128 Å². The Bertz CT molecular complexity index is 740. The molecule has 3 rings (SSSR count). The maximum absolute atomic E-state index is 12.5. The van der Waals surface area contributed by atoms with Gasteiger partial charge in [0.2, 0.25) is 5.82 Å². The van der Waals surface area contributed by atoms with Gasteiger partial charge in [-0.15, -0.1) is 0 Å². The van der Waals surface area contributed by atoms with Crippen molar-refractivity contribution in [3.63, 3.8) is 0 Å². The number of primary amides is 1. The average molecular weight is 296 g/mol. The van der Waals surface area contributed by atoms with Crippen LogP contribution in [-0.2, 0) is 13.0 Å². The predicted octanol–water partition coefficient (Wildman–Crippen LogP) is 1.08. The largest absolute Gasteiger partial charge is 0.363 e. The molecule has 0 unspecified atom stereocenters. The van der Waals surface area contributed by atoms with Crippen molar-refractivity contribution in [2.45, 2.75) is 19.9 Å². The van der Waals surface area contributed by atoms with Crippen LogP contribution in [0.25, 0.3) is 0 Å². The Morgan fingerprint density at radius 2 is 1.95 bits per heavy atom. The molecule has 2 heterocycles. The van der Waals surface area contributed by atoms with Gasteiger partial charge >= 0.3 is 0 Å². The van der Waals surface area contributed by atoms with Gasteiger partial charge in [-0.2, -0.15) is 0 Å². The van der Waals surface area contributed by atoms with Gasteiger partial charge in [-0.25, -0.2) is 9.97 Å². The number of rotatable bonds is 2. The Morgan fingerprint density at radius 1 is 1.23 bits per heavy atom. The predicted molar refractivity (Wildman–Crippen MR) is 80.2 cm³/mol. The molecule has 6 heteroatoms. The first-order valence-corrected chi connectivity index (χ1v) is 7.05. The molecule has 2 amide bonds. The average Bonchev–Trinajstić information content (AvgIpc) is 2.53. The number of nitrogens with zero attached hydrogens (tertiary/aromatic N) is 3. The fourth-order valence-electron chi connectivity index (χ4n) is 2.47. The molecule has 1 aliphatic rings. The zero-order chi connectivity index (χ0) is 15.7. The quantitative estimate of drug-likeness (QED) is 0.898. The zero-order valence-corrected chi connectivity index (χ0v) is 12.2. The van der Waals surface area contributed by atoms with Crippen LogP contribution in [0.4, 0.5) is 0 Å². The van der Waals surface area contributed by atoms with Crippen LogP contribution in [-0.4, -0.2) is 33.2 Å². The third kappa shape index (κ3) is 2.67. The summed E-state index contributed by atoms with van der Waals surface area (Å²) in [6, 6.07) is 7.47. The lowest BCUT2D eigenvalue weighted by Gasteiger charge is -2.28. The number of aryl methyl sites for hydroxylation is 1. The smallest absolute Gasteiger partial charge is 0.286 e. The van der Waals surface area contributed by atoms with Crippen LogP contribution >= 0.6 is 0 Å². The fourth-order valence-corrected chi connectivity index (χ4v) is 2.47. The first-order chi connectivity index (χ1) is 10.5. The first-order valence-electron chi connectivity index (χ1n) is 7.05. The Hall–Kier alpha value is -2.76. The number of hydrogen-bond donors (Lipinski definition) is 1. The highest BCUT2D eigenvalue weighted by molar-refractivity contribution is 5.94. The lowest BCUT2D eigenvalue weighted by Crippen LogP contribution is -2.37. The minimum atomic E-state index is -0.662. The molecule has 6 nitrogen and oxygen atoms in total. The highest BCUT2D eigenvalue weighted by Gasteiger charge is 2.23. The molecule has 0 atom stereocenters. The first kappa shape index (κ1) is 14.2. The summed E-state index contributed by atoms with van der Waals surface area (Å²) in [4.78, 5) is 33.5. The van der Waals surface area contributed by atoms with Crippen molar-refractivity contribution in [1.82, 2.24) is 14.9 Å². The summed E-state index contributed by atoms with van der Waals surface area (Å²) in [6.07, 6.45) is 2.29. The topological polar surface area (TPSA) is 89.2 Å². The molecule has 2 N–H and O–H groups in total. The molecule has 1 aromatic carbocycles. The van der Waals surface area contributed by atoms with E-state index in [2.05, 4.69) is 9.97 Å². The van der Waals surface area contributed by atoms with E-state index in [-0.39, 0.29) is 11.7 Å². The number of carbonyl (C=O) groups is 2. The Morgan fingerprint density at radius 3 is 2.64 bits per heavy atom. The molecular formula is C16H16N4O2. The molecule has 0 radical (unpaired) electrons. The van der Waals surface area contributed by atoms with Crippen LogP contribution in [0.1, 0.15) is 37.8 Å². The molecule has 2 aromatic rings. The van der Waals surface area contributed by atoms with Crippen LogP contribution in [0, 0.1) is 6.92 Å². The van der Waals surface area contributed by atoms with E-state index in [4.69, 9.17) is 5.73 Å². The molecule has 22 heavy (non-hydrogen) atoms. The van der Waals surface area contributed by atoms with Gasteiger partial charge in [0, 0.05) is 18.3 Å². The van der Waals surface area contributed by atoms with E-state index in [0.717, 1.165) is 11.1 Å². The summed E-state index contributed by atoms with van der Waals surface area (Å²) in [5.74, 6) is -0.710. The normalized spacial score (nSPS) is 13.6. The number of nitrogens with two attached hydrogens (primary N) is 1. The van der Waals surface area contributed by atoms with Gasteiger partial charge in [-0.3, -0.25) is 9.59 Å². The SMILES string of the molecule is Cc1ccc(C(=O)N2CCc3cnc(C(N)=O)nc3C2)cc1. The van der Waals surface area contributed by atoms with Crippen molar-refractivity contribution in [2.24, 2.45) is 5.73 Å². The van der Waals surface area contributed by atoms with E-state index >= 15 is 0 Å². The van der Waals surface area contributed by atoms with Gasteiger partial charge in [0.15, 0.2) is 0 Å². The second-order valence-corrected chi connectivity index (χ2v) is 5.37. The number of hydrogen-bond acceptors (Lipinski definition) is 4. The Kier molecular flexibility index (Phi) is 3.58. The van der Waals surface area contributed by atoms with Crippen LogP contribution in [0.15, 0.2) is 30.5 Å².